The molecule has 1 aromatic rings. The first kappa shape index (κ1) is 11.1. The van der Waals surface area contributed by atoms with Gasteiger partial charge in [-0.05, 0) is 25.1 Å². The number of rotatable bonds is 4. The first-order chi connectivity index (χ1) is 6.69. The van der Waals surface area contributed by atoms with Crippen LogP contribution in [0.3, 0.4) is 0 Å². The molecule has 0 aliphatic heterocycles. The van der Waals surface area contributed by atoms with Crippen LogP contribution in [-0.4, -0.2) is 12.4 Å². The highest BCUT2D eigenvalue weighted by atomic mass is 35.5. The molecule has 0 aliphatic carbocycles. The van der Waals surface area contributed by atoms with Gasteiger partial charge in [-0.1, -0.05) is 18.5 Å². The molecule has 1 rings (SSSR count). The van der Waals surface area contributed by atoms with Gasteiger partial charge in [0.15, 0.2) is 5.78 Å². The van der Waals surface area contributed by atoms with Crippen molar-refractivity contribution in [3.8, 4) is 5.75 Å². The van der Waals surface area contributed by atoms with E-state index in [-0.39, 0.29) is 5.78 Å². The number of carbonyl (C=O) groups excluding carboxylic acids is 1. The normalized spacial score (nSPS) is 9.93. The van der Waals surface area contributed by atoms with Crippen molar-refractivity contribution in [1.29, 1.82) is 0 Å². The van der Waals surface area contributed by atoms with Crippen molar-refractivity contribution in [2.45, 2.75) is 20.3 Å². The first-order valence-corrected chi connectivity index (χ1v) is 5.02. The van der Waals surface area contributed by atoms with E-state index in [9.17, 15) is 4.79 Å². The molecule has 1 aromatic carbocycles. The number of hydrogen-bond acceptors (Lipinski definition) is 2. The van der Waals surface area contributed by atoms with Crippen LogP contribution in [0.4, 0.5) is 0 Å². The molecule has 0 unspecified atom stereocenters. The summed E-state index contributed by atoms with van der Waals surface area (Å²) in [7, 11) is 0. The van der Waals surface area contributed by atoms with Crippen molar-refractivity contribution in [2.24, 2.45) is 0 Å². The molecule has 0 bridgehead atoms. The third-order valence-corrected chi connectivity index (χ3v) is 2.10. The predicted molar refractivity (Wildman–Crippen MR) is 57.2 cm³/mol. The number of halogens is 1. The second-order valence-electron chi connectivity index (χ2n) is 2.85. The van der Waals surface area contributed by atoms with Crippen molar-refractivity contribution in [3.05, 3.63) is 28.8 Å². The van der Waals surface area contributed by atoms with Crippen LogP contribution in [0.5, 0.6) is 5.75 Å². The van der Waals surface area contributed by atoms with Gasteiger partial charge in [-0.3, -0.25) is 4.79 Å². The summed E-state index contributed by atoms with van der Waals surface area (Å²) in [6, 6.07) is 5.10. The highest BCUT2D eigenvalue weighted by molar-refractivity contribution is 6.31. The second kappa shape index (κ2) is 5.01. The largest absolute Gasteiger partial charge is 0.493 e. The molecule has 2 nitrogen and oxygen atoms in total. The molecule has 0 fully saturated rings. The quantitative estimate of drug-likeness (QED) is 0.716. The fourth-order valence-corrected chi connectivity index (χ4v) is 1.36. The molecule has 14 heavy (non-hydrogen) atoms. The van der Waals surface area contributed by atoms with Crippen LogP contribution >= 0.6 is 11.6 Å². The van der Waals surface area contributed by atoms with Gasteiger partial charge in [-0.15, -0.1) is 0 Å². The summed E-state index contributed by atoms with van der Waals surface area (Å²) in [5, 5.41) is 0.560. The Bertz CT molecular complexity index is 334. The monoisotopic (exact) mass is 212 g/mol. The van der Waals surface area contributed by atoms with Gasteiger partial charge in [0.25, 0.3) is 0 Å². The maximum absolute atomic E-state index is 11.5. The van der Waals surface area contributed by atoms with Gasteiger partial charge in [-0.2, -0.15) is 0 Å². The minimum Gasteiger partial charge on any atom is -0.493 e. The molecule has 0 radical (unpaired) electrons. The van der Waals surface area contributed by atoms with Gasteiger partial charge < -0.3 is 4.74 Å². The zero-order valence-electron chi connectivity index (χ0n) is 8.34. The van der Waals surface area contributed by atoms with E-state index in [1.807, 2.05) is 13.8 Å². The van der Waals surface area contributed by atoms with Crippen molar-refractivity contribution >= 4 is 17.4 Å². The number of ether oxygens (including phenoxy) is 1. The third-order valence-electron chi connectivity index (χ3n) is 1.86. The molecule has 0 N–H and O–H groups in total. The average Bonchev–Trinajstić information content (AvgIpc) is 2.20. The Kier molecular flexibility index (Phi) is 3.96. The number of ketones is 1. The Labute approximate surface area is 88.8 Å². The summed E-state index contributed by atoms with van der Waals surface area (Å²) >= 11 is 5.81. The van der Waals surface area contributed by atoms with Gasteiger partial charge >= 0.3 is 0 Å². The molecule has 0 amide bonds. The average molecular weight is 213 g/mol. The summed E-state index contributed by atoms with van der Waals surface area (Å²) in [5.41, 5.74) is 0.571. The maximum Gasteiger partial charge on any atom is 0.166 e. The number of benzene rings is 1. The molecule has 0 spiro atoms. The third kappa shape index (κ3) is 2.48. The highest BCUT2D eigenvalue weighted by Crippen LogP contribution is 2.24. The van der Waals surface area contributed by atoms with E-state index in [1.54, 1.807) is 18.2 Å². The van der Waals surface area contributed by atoms with E-state index in [2.05, 4.69) is 0 Å². The van der Waals surface area contributed by atoms with E-state index in [1.165, 1.54) is 0 Å². The lowest BCUT2D eigenvalue weighted by molar-refractivity contribution is 0.0984. The molecule has 0 aliphatic rings. The van der Waals surface area contributed by atoms with Gasteiger partial charge in [0.2, 0.25) is 0 Å². The van der Waals surface area contributed by atoms with Crippen molar-refractivity contribution in [2.75, 3.05) is 6.61 Å². The summed E-state index contributed by atoms with van der Waals surface area (Å²) in [6.07, 6.45) is 0.459. The van der Waals surface area contributed by atoms with E-state index < -0.39 is 0 Å². The summed E-state index contributed by atoms with van der Waals surface area (Å²) in [4.78, 5) is 11.5. The summed E-state index contributed by atoms with van der Waals surface area (Å²) < 4.78 is 5.34. The molecule has 0 heterocycles. The highest BCUT2D eigenvalue weighted by Gasteiger charge is 2.10. The Hall–Kier alpha value is -1.02. The SMILES string of the molecule is CCOc1ccc(Cl)cc1C(=O)CC. The predicted octanol–water partition coefficient (Wildman–Crippen LogP) is 3.33. The van der Waals surface area contributed by atoms with Gasteiger partial charge in [0, 0.05) is 11.4 Å². The number of Topliss-reactive ketones (excluding diaryl/α,β-unsaturated/α-hetero) is 1. The molecule has 0 aromatic heterocycles. The molecule has 76 valence electrons. The van der Waals surface area contributed by atoms with Gasteiger partial charge in [-0.25, -0.2) is 0 Å². The van der Waals surface area contributed by atoms with Crippen LogP contribution in [0.25, 0.3) is 0 Å². The standard InChI is InChI=1S/C11H13ClO2/c1-3-10(13)9-7-8(12)5-6-11(9)14-4-2/h5-7H,3-4H2,1-2H3. The Morgan fingerprint density at radius 1 is 1.43 bits per heavy atom. The molecular formula is C11H13ClO2. The lowest BCUT2D eigenvalue weighted by Gasteiger charge is -2.08. The fraction of sp³-hybridized carbons (Fsp3) is 0.364. The molecule has 3 heteroatoms. The van der Waals surface area contributed by atoms with Crippen molar-refractivity contribution in [3.63, 3.8) is 0 Å². The van der Waals surface area contributed by atoms with E-state index in [4.69, 9.17) is 16.3 Å². The van der Waals surface area contributed by atoms with Crippen LogP contribution in [-0.2, 0) is 0 Å². The molecule has 0 saturated heterocycles. The lowest BCUT2D eigenvalue weighted by atomic mass is 10.1. The second-order valence-corrected chi connectivity index (χ2v) is 3.29. The zero-order valence-corrected chi connectivity index (χ0v) is 9.10. The number of carbonyl (C=O) groups is 1. The zero-order chi connectivity index (χ0) is 10.6. The van der Waals surface area contributed by atoms with Gasteiger partial charge in [0.05, 0.1) is 12.2 Å². The van der Waals surface area contributed by atoms with Crippen molar-refractivity contribution < 1.29 is 9.53 Å². The summed E-state index contributed by atoms with van der Waals surface area (Å²) in [6.45, 7) is 4.25. The van der Waals surface area contributed by atoms with Crippen LogP contribution in [0, 0.1) is 0 Å². The van der Waals surface area contributed by atoms with Crippen LogP contribution in [0.1, 0.15) is 30.6 Å². The summed E-state index contributed by atoms with van der Waals surface area (Å²) in [5.74, 6) is 0.666. The van der Waals surface area contributed by atoms with E-state index in [0.717, 1.165) is 0 Å². The molecular weight excluding hydrogens is 200 g/mol. The Morgan fingerprint density at radius 2 is 2.14 bits per heavy atom. The Morgan fingerprint density at radius 3 is 2.71 bits per heavy atom. The van der Waals surface area contributed by atoms with Crippen molar-refractivity contribution in [1.82, 2.24) is 0 Å². The minimum atomic E-state index is 0.0518. The molecule has 0 saturated carbocycles. The van der Waals surface area contributed by atoms with Crippen LogP contribution < -0.4 is 4.74 Å². The maximum atomic E-state index is 11.5. The number of hydrogen-bond donors (Lipinski definition) is 0. The van der Waals surface area contributed by atoms with E-state index >= 15 is 0 Å². The lowest BCUT2D eigenvalue weighted by Crippen LogP contribution is -2.02. The smallest absolute Gasteiger partial charge is 0.166 e. The van der Waals surface area contributed by atoms with Crippen LogP contribution in [0.2, 0.25) is 5.02 Å². The van der Waals surface area contributed by atoms with Gasteiger partial charge in [0.1, 0.15) is 5.75 Å². The fourth-order valence-electron chi connectivity index (χ4n) is 1.19. The topological polar surface area (TPSA) is 26.3 Å². The Balaban J connectivity index is 3.08. The van der Waals surface area contributed by atoms with E-state index in [0.29, 0.717) is 29.4 Å². The molecule has 0 atom stereocenters. The first-order valence-electron chi connectivity index (χ1n) is 4.64. The minimum absolute atomic E-state index is 0.0518. The van der Waals surface area contributed by atoms with Crippen LogP contribution in [0.15, 0.2) is 18.2 Å².